The quantitative estimate of drug-likeness (QED) is 0.515. The fourth-order valence-electron chi connectivity index (χ4n) is 4.67. The molecule has 180 valence electrons. The van der Waals surface area contributed by atoms with Gasteiger partial charge in [0, 0.05) is 37.3 Å². The summed E-state index contributed by atoms with van der Waals surface area (Å²) in [5, 5.41) is 9.86. The highest BCUT2D eigenvalue weighted by Gasteiger charge is 2.31. The molecule has 34 heavy (non-hydrogen) atoms. The predicted octanol–water partition coefficient (Wildman–Crippen LogP) is 4.49. The molecular formula is C24H27BrFN5O3. The highest BCUT2D eigenvalue weighted by Crippen LogP contribution is 2.37. The summed E-state index contributed by atoms with van der Waals surface area (Å²) in [6.07, 6.45) is 0.709. The van der Waals surface area contributed by atoms with Gasteiger partial charge in [-0.2, -0.15) is 0 Å². The van der Waals surface area contributed by atoms with E-state index in [1.54, 1.807) is 12.3 Å². The molecule has 3 N–H and O–H groups in total. The molecule has 0 aliphatic carbocycles. The third kappa shape index (κ3) is 3.89. The highest BCUT2D eigenvalue weighted by atomic mass is 79.9. The lowest BCUT2D eigenvalue weighted by molar-refractivity contribution is 0.136. The van der Waals surface area contributed by atoms with E-state index in [-0.39, 0.29) is 35.2 Å². The minimum atomic E-state index is -0.997. The number of hydrogen-bond acceptors (Lipinski definition) is 5. The van der Waals surface area contributed by atoms with Crippen molar-refractivity contribution in [2.75, 3.05) is 30.3 Å². The number of aryl methyl sites for hydroxylation is 1. The Morgan fingerprint density at radius 2 is 2.00 bits per heavy atom. The molecule has 1 aliphatic heterocycles. The van der Waals surface area contributed by atoms with Gasteiger partial charge in [0.25, 0.3) is 5.56 Å². The van der Waals surface area contributed by atoms with Crippen LogP contribution in [0.1, 0.15) is 37.9 Å². The Morgan fingerprint density at radius 3 is 2.62 bits per heavy atom. The Morgan fingerprint density at radius 1 is 1.29 bits per heavy atom. The second kappa shape index (κ2) is 8.90. The smallest absolute Gasteiger partial charge is 0.407 e. The van der Waals surface area contributed by atoms with Crippen LogP contribution in [0.25, 0.3) is 16.6 Å². The number of pyridine rings is 2. The zero-order valence-corrected chi connectivity index (χ0v) is 21.1. The van der Waals surface area contributed by atoms with Crippen molar-refractivity contribution in [1.29, 1.82) is 0 Å². The third-order valence-corrected chi connectivity index (χ3v) is 6.94. The van der Waals surface area contributed by atoms with Crippen molar-refractivity contribution in [2.45, 2.75) is 39.7 Å². The van der Waals surface area contributed by atoms with E-state index in [1.165, 1.54) is 15.5 Å². The molecule has 1 atom stereocenters. The van der Waals surface area contributed by atoms with Crippen LogP contribution in [-0.2, 0) is 0 Å². The van der Waals surface area contributed by atoms with Gasteiger partial charge in [-0.1, -0.05) is 13.8 Å². The number of halogens is 2. The first kappa shape index (κ1) is 24.0. The molecule has 4 rings (SSSR count). The molecule has 1 saturated heterocycles. The molecule has 0 bridgehead atoms. The summed E-state index contributed by atoms with van der Waals surface area (Å²) < 4.78 is 16.6. The van der Waals surface area contributed by atoms with Crippen LogP contribution in [0, 0.1) is 12.7 Å². The van der Waals surface area contributed by atoms with Gasteiger partial charge in [0.2, 0.25) is 0 Å². The van der Waals surface area contributed by atoms with E-state index >= 15 is 0 Å². The van der Waals surface area contributed by atoms with Crippen LogP contribution in [0.2, 0.25) is 0 Å². The maximum Gasteiger partial charge on any atom is 0.407 e. The standard InChI is InChI=1S/C24H27BrFN5O3/c1-12(2)20-21(13(3)5-6-28-20)31-18-10-16(25)17(26)9-15(18)22(19(27)23(31)32)30-8-7-29(24(33)34)11-14(30)4/h5-6,9-10,12,14H,7-8,11,27H2,1-4H3,(H,33,34)/t14-/m0/s1. The zero-order valence-electron chi connectivity index (χ0n) is 19.5. The minimum Gasteiger partial charge on any atom is -0.465 e. The van der Waals surface area contributed by atoms with Gasteiger partial charge in [0.05, 0.1) is 27.1 Å². The highest BCUT2D eigenvalue weighted by molar-refractivity contribution is 9.10. The van der Waals surface area contributed by atoms with Crippen molar-refractivity contribution in [3.63, 3.8) is 0 Å². The van der Waals surface area contributed by atoms with E-state index in [2.05, 4.69) is 20.9 Å². The third-order valence-electron chi connectivity index (χ3n) is 6.33. The molecule has 1 aliphatic rings. The van der Waals surface area contributed by atoms with E-state index in [1.807, 2.05) is 38.7 Å². The van der Waals surface area contributed by atoms with Crippen LogP contribution in [0.5, 0.6) is 0 Å². The number of anilines is 2. The summed E-state index contributed by atoms with van der Waals surface area (Å²) >= 11 is 3.27. The van der Waals surface area contributed by atoms with Crippen LogP contribution in [0.15, 0.2) is 33.7 Å². The average molecular weight is 532 g/mol. The Bertz CT molecular complexity index is 1360. The Balaban J connectivity index is 2.06. The molecule has 8 nitrogen and oxygen atoms in total. The number of aromatic nitrogens is 2. The van der Waals surface area contributed by atoms with E-state index in [9.17, 15) is 19.1 Å². The maximum absolute atomic E-state index is 14.8. The molecule has 3 aromatic rings. The number of nitrogens with two attached hydrogens (primary N) is 1. The van der Waals surface area contributed by atoms with E-state index in [4.69, 9.17) is 5.73 Å². The Labute approximate surface area is 204 Å². The number of nitrogens with zero attached hydrogens (tertiary/aromatic N) is 4. The molecule has 1 aromatic carbocycles. The van der Waals surface area contributed by atoms with E-state index in [0.29, 0.717) is 28.8 Å². The molecule has 0 radical (unpaired) electrons. The number of carboxylic acid groups (broad SMARTS) is 1. The summed E-state index contributed by atoms with van der Waals surface area (Å²) in [5.41, 5.74) is 9.18. The van der Waals surface area contributed by atoms with Crippen LogP contribution in [0.4, 0.5) is 20.6 Å². The van der Waals surface area contributed by atoms with Crippen LogP contribution >= 0.6 is 15.9 Å². The summed E-state index contributed by atoms with van der Waals surface area (Å²) in [5.74, 6) is -0.451. The molecule has 0 saturated carbocycles. The van der Waals surface area contributed by atoms with E-state index < -0.39 is 17.5 Å². The number of rotatable bonds is 3. The number of nitrogen functional groups attached to an aromatic ring is 1. The number of amides is 1. The molecule has 0 unspecified atom stereocenters. The van der Waals surface area contributed by atoms with Crippen molar-refractivity contribution in [3.8, 4) is 5.69 Å². The maximum atomic E-state index is 14.8. The summed E-state index contributed by atoms with van der Waals surface area (Å²) in [6, 6.07) is 4.53. The first-order chi connectivity index (χ1) is 16.0. The Kier molecular flexibility index (Phi) is 6.28. The fourth-order valence-corrected chi connectivity index (χ4v) is 5.00. The van der Waals surface area contributed by atoms with Crippen LogP contribution in [-0.4, -0.2) is 51.3 Å². The first-order valence-corrected chi connectivity index (χ1v) is 11.9. The van der Waals surface area contributed by atoms with Gasteiger partial charge < -0.3 is 20.6 Å². The van der Waals surface area contributed by atoms with Crippen molar-refractivity contribution >= 4 is 44.3 Å². The van der Waals surface area contributed by atoms with Gasteiger partial charge in [0.15, 0.2) is 0 Å². The lowest BCUT2D eigenvalue weighted by Gasteiger charge is -2.41. The van der Waals surface area contributed by atoms with Crippen molar-refractivity contribution < 1.29 is 14.3 Å². The number of hydrogen-bond donors (Lipinski definition) is 2. The first-order valence-electron chi connectivity index (χ1n) is 11.1. The molecule has 2 aromatic heterocycles. The molecule has 1 fully saturated rings. The topological polar surface area (TPSA) is 105 Å². The zero-order chi connectivity index (χ0) is 24.9. The monoisotopic (exact) mass is 531 g/mol. The Hall–Kier alpha value is -3.14. The van der Waals surface area contributed by atoms with Gasteiger partial charge in [0.1, 0.15) is 11.5 Å². The number of benzene rings is 1. The summed E-state index contributed by atoms with van der Waals surface area (Å²) in [6.45, 7) is 8.59. The lowest BCUT2D eigenvalue weighted by Crippen LogP contribution is -2.54. The van der Waals surface area contributed by atoms with Gasteiger partial charge in [-0.3, -0.25) is 14.3 Å². The number of piperazine rings is 1. The number of carbonyl (C=O) groups is 1. The van der Waals surface area contributed by atoms with Gasteiger partial charge >= 0.3 is 6.09 Å². The van der Waals surface area contributed by atoms with Gasteiger partial charge in [-0.25, -0.2) is 9.18 Å². The SMILES string of the molecule is Cc1ccnc(C(C)C)c1-n1c(=O)c(N)c(N2CCN(C(=O)O)C[C@@H]2C)c2cc(F)c(Br)cc21. The normalized spacial score (nSPS) is 16.5. The van der Waals surface area contributed by atoms with Crippen molar-refractivity contribution in [3.05, 3.63) is 56.3 Å². The minimum absolute atomic E-state index is 0.0113. The molecule has 3 heterocycles. The largest absolute Gasteiger partial charge is 0.465 e. The molecule has 1 amide bonds. The second-order valence-electron chi connectivity index (χ2n) is 8.97. The fraction of sp³-hybridized carbons (Fsp3) is 0.375. The lowest BCUT2D eigenvalue weighted by atomic mass is 10.0. The van der Waals surface area contributed by atoms with Crippen molar-refractivity contribution in [2.24, 2.45) is 0 Å². The number of fused-ring (bicyclic) bond motifs is 1. The van der Waals surface area contributed by atoms with E-state index in [0.717, 1.165) is 11.3 Å². The van der Waals surface area contributed by atoms with Gasteiger partial charge in [-0.05, 0) is 59.5 Å². The predicted molar refractivity (Wildman–Crippen MR) is 135 cm³/mol. The summed E-state index contributed by atoms with van der Waals surface area (Å²) in [4.78, 5) is 33.0. The average Bonchev–Trinajstić information content (AvgIpc) is 2.77. The van der Waals surface area contributed by atoms with Crippen LogP contribution < -0.4 is 16.2 Å². The molecule has 10 heteroatoms. The molecular weight excluding hydrogens is 505 g/mol. The van der Waals surface area contributed by atoms with Crippen molar-refractivity contribution in [1.82, 2.24) is 14.5 Å². The van der Waals surface area contributed by atoms with Gasteiger partial charge in [-0.15, -0.1) is 0 Å². The molecule has 0 spiro atoms. The van der Waals surface area contributed by atoms with Crippen LogP contribution in [0.3, 0.4) is 0 Å². The summed E-state index contributed by atoms with van der Waals surface area (Å²) in [7, 11) is 0. The second-order valence-corrected chi connectivity index (χ2v) is 9.83.